The summed E-state index contributed by atoms with van der Waals surface area (Å²) >= 11 is 0. The number of carbonyl (C=O) groups excluding carboxylic acids is 1. The number of rotatable bonds is 4. The van der Waals surface area contributed by atoms with Gasteiger partial charge in [-0.3, -0.25) is 4.79 Å². The minimum atomic E-state index is -0.879. The number of nitrogens with one attached hydrogen (secondary N) is 1. The van der Waals surface area contributed by atoms with E-state index in [-0.39, 0.29) is 36.8 Å². The number of hydrogen-bond acceptors (Lipinski definition) is 3. The van der Waals surface area contributed by atoms with Crippen molar-refractivity contribution >= 4 is 30.7 Å². The summed E-state index contributed by atoms with van der Waals surface area (Å²) in [6.07, 6.45) is 5.35. The number of carbonyl (C=O) groups is 1. The van der Waals surface area contributed by atoms with E-state index in [0.29, 0.717) is 0 Å². The van der Waals surface area contributed by atoms with Crippen LogP contribution in [0.2, 0.25) is 0 Å². The van der Waals surface area contributed by atoms with Gasteiger partial charge in [0, 0.05) is 18.1 Å². The zero-order valence-electron chi connectivity index (χ0n) is 12.8. The Morgan fingerprint density at radius 2 is 2.05 bits per heavy atom. The maximum absolute atomic E-state index is 11.9. The molecule has 0 saturated carbocycles. The van der Waals surface area contributed by atoms with Crippen LogP contribution in [0.15, 0.2) is 43.0 Å². The highest BCUT2D eigenvalue weighted by molar-refractivity contribution is 5.86. The Morgan fingerprint density at radius 3 is 2.59 bits per heavy atom. The van der Waals surface area contributed by atoms with Crippen LogP contribution in [-0.2, 0) is 4.79 Å². The van der Waals surface area contributed by atoms with Crippen LogP contribution in [0.4, 0.5) is 0 Å². The largest absolute Gasteiger partial charge is 0.348 e. The average Bonchev–Trinajstić information content (AvgIpc) is 2.91. The van der Waals surface area contributed by atoms with Gasteiger partial charge in [-0.15, -0.1) is 24.8 Å². The zero-order valence-corrected chi connectivity index (χ0v) is 14.4. The molecule has 3 N–H and O–H groups in total. The highest BCUT2D eigenvalue weighted by Crippen LogP contribution is 2.17. The van der Waals surface area contributed by atoms with E-state index >= 15 is 0 Å². The topological polar surface area (TPSA) is 72.9 Å². The van der Waals surface area contributed by atoms with Gasteiger partial charge in [-0.2, -0.15) is 0 Å². The van der Waals surface area contributed by atoms with Crippen LogP contribution < -0.4 is 11.1 Å². The second-order valence-corrected chi connectivity index (χ2v) is 5.48. The number of amides is 1. The molecule has 1 unspecified atom stereocenters. The molecule has 1 aromatic carbocycles. The third-order valence-electron chi connectivity index (χ3n) is 3.11. The number of imidazole rings is 1. The van der Waals surface area contributed by atoms with Crippen LogP contribution in [0, 0.1) is 0 Å². The summed E-state index contributed by atoms with van der Waals surface area (Å²) in [5, 5.41) is 2.92. The van der Waals surface area contributed by atoms with Gasteiger partial charge in [0.15, 0.2) is 0 Å². The quantitative estimate of drug-likeness (QED) is 0.895. The van der Waals surface area contributed by atoms with Gasteiger partial charge in [0.25, 0.3) is 0 Å². The smallest absolute Gasteiger partial charge is 0.239 e. The van der Waals surface area contributed by atoms with Crippen LogP contribution in [0.25, 0.3) is 5.69 Å². The predicted molar refractivity (Wildman–Crippen MR) is 92.9 cm³/mol. The molecule has 1 amide bonds. The molecule has 0 aliphatic carbocycles. The first-order valence-corrected chi connectivity index (χ1v) is 6.56. The Balaban J connectivity index is 0.00000220. The van der Waals surface area contributed by atoms with E-state index in [2.05, 4.69) is 10.3 Å². The monoisotopic (exact) mass is 344 g/mol. The second-order valence-electron chi connectivity index (χ2n) is 5.48. The molecule has 1 heterocycles. The SMILES string of the molecule is CC(NC(=O)C(C)(C)N)c1cccc(-n2ccnc2)c1.Cl.Cl. The van der Waals surface area contributed by atoms with Crippen LogP contribution in [0.3, 0.4) is 0 Å². The molecule has 0 saturated heterocycles. The highest BCUT2D eigenvalue weighted by atomic mass is 35.5. The summed E-state index contributed by atoms with van der Waals surface area (Å²) in [6, 6.07) is 7.85. The van der Waals surface area contributed by atoms with Gasteiger partial charge in [-0.1, -0.05) is 12.1 Å². The first-order chi connectivity index (χ1) is 9.38. The molecule has 1 aromatic heterocycles. The molecule has 0 bridgehead atoms. The van der Waals surface area contributed by atoms with Gasteiger partial charge in [0.2, 0.25) is 5.91 Å². The molecule has 5 nitrogen and oxygen atoms in total. The van der Waals surface area contributed by atoms with Gasteiger partial charge in [0.1, 0.15) is 0 Å². The van der Waals surface area contributed by atoms with Crippen LogP contribution >= 0.6 is 24.8 Å². The molecular formula is C15H22Cl2N4O. The highest BCUT2D eigenvalue weighted by Gasteiger charge is 2.23. The first kappa shape index (κ1) is 20.4. The van der Waals surface area contributed by atoms with E-state index < -0.39 is 5.54 Å². The minimum absolute atomic E-state index is 0. The molecular weight excluding hydrogens is 323 g/mol. The predicted octanol–water partition coefficient (Wildman–Crippen LogP) is 2.63. The van der Waals surface area contributed by atoms with Crippen molar-refractivity contribution < 1.29 is 4.79 Å². The van der Waals surface area contributed by atoms with Crippen molar-refractivity contribution in [3.05, 3.63) is 48.5 Å². The Bertz CT molecular complexity index is 594. The standard InChI is InChI=1S/C15H20N4O.2ClH/c1-11(18-14(20)15(2,3)16)12-5-4-6-13(9-12)19-8-7-17-10-19;;/h4-11H,16H2,1-3H3,(H,18,20);2*1H. The fourth-order valence-electron chi connectivity index (χ4n) is 1.83. The molecule has 0 radical (unpaired) electrons. The number of nitrogens with two attached hydrogens (primary N) is 1. The lowest BCUT2D eigenvalue weighted by Gasteiger charge is -2.22. The van der Waals surface area contributed by atoms with Crippen LogP contribution in [0.5, 0.6) is 0 Å². The summed E-state index contributed by atoms with van der Waals surface area (Å²) in [6.45, 7) is 5.32. The molecule has 0 aliphatic heterocycles. The summed E-state index contributed by atoms with van der Waals surface area (Å²) in [5.74, 6) is -0.168. The Morgan fingerprint density at radius 1 is 1.36 bits per heavy atom. The van der Waals surface area contributed by atoms with Crippen molar-refractivity contribution in [1.82, 2.24) is 14.9 Å². The lowest BCUT2D eigenvalue weighted by Crippen LogP contribution is -2.49. The Hall–Kier alpha value is -1.56. The van der Waals surface area contributed by atoms with Gasteiger partial charge in [-0.25, -0.2) is 4.98 Å². The summed E-state index contributed by atoms with van der Waals surface area (Å²) in [7, 11) is 0. The van der Waals surface area contributed by atoms with Gasteiger partial charge in [-0.05, 0) is 38.5 Å². The molecule has 2 rings (SSSR count). The van der Waals surface area contributed by atoms with Crippen molar-refractivity contribution in [3.63, 3.8) is 0 Å². The fourth-order valence-corrected chi connectivity index (χ4v) is 1.83. The fraction of sp³-hybridized carbons (Fsp3) is 0.333. The number of hydrogen-bond donors (Lipinski definition) is 2. The first-order valence-electron chi connectivity index (χ1n) is 6.56. The zero-order chi connectivity index (χ0) is 14.8. The molecule has 0 fully saturated rings. The number of halogens is 2. The van der Waals surface area contributed by atoms with E-state index in [0.717, 1.165) is 11.3 Å². The normalized spacial score (nSPS) is 11.8. The maximum atomic E-state index is 11.9. The molecule has 0 spiro atoms. The summed E-state index contributed by atoms with van der Waals surface area (Å²) < 4.78 is 1.92. The van der Waals surface area contributed by atoms with Crippen molar-refractivity contribution in [1.29, 1.82) is 0 Å². The van der Waals surface area contributed by atoms with Gasteiger partial charge < -0.3 is 15.6 Å². The molecule has 1 atom stereocenters. The third kappa shape index (κ3) is 5.02. The van der Waals surface area contributed by atoms with Gasteiger partial charge in [0.05, 0.1) is 17.9 Å². The van der Waals surface area contributed by atoms with Crippen molar-refractivity contribution in [2.24, 2.45) is 5.73 Å². The van der Waals surface area contributed by atoms with E-state index in [1.165, 1.54) is 0 Å². The average molecular weight is 345 g/mol. The van der Waals surface area contributed by atoms with Crippen molar-refractivity contribution in [2.75, 3.05) is 0 Å². The molecule has 2 aromatic rings. The van der Waals surface area contributed by atoms with E-state index in [4.69, 9.17) is 5.73 Å². The molecule has 7 heteroatoms. The van der Waals surface area contributed by atoms with Crippen LogP contribution in [0.1, 0.15) is 32.4 Å². The molecule has 22 heavy (non-hydrogen) atoms. The summed E-state index contributed by atoms with van der Waals surface area (Å²) in [5.41, 5.74) is 6.94. The van der Waals surface area contributed by atoms with Crippen molar-refractivity contribution in [2.45, 2.75) is 32.4 Å². The Labute approximate surface area is 143 Å². The third-order valence-corrected chi connectivity index (χ3v) is 3.11. The van der Waals surface area contributed by atoms with E-state index in [1.807, 2.05) is 42.0 Å². The Kier molecular flexibility index (Phi) is 7.59. The molecule has 0 aliphatic rings. The lowest BCUT2D eigenvalue weighted by molar-refractivity contribution is -0.125. The maximum Gasteiger partial charge on any atom is 0.239 e. The lowest BCUT2D eigenvalue weighted by atomic mass is 10.0. The molecule has 122 valence electrons. The summed E-state index contributed by atoms with van der Waals surface area (Å²) in [4.78, 5) is 15.9. The van der Waals surface area contributed by atoms with Gasteiger partial charge >= 0.3 is 0 Å². The van der Waals surface area contributed by atoms with Crippen molar-refractivity contribution in [3.8, 4) is 5.69 Å². The van der Waals surface area contributed by atoms with E-state index in [1.54, 1.807) is 26.4 Å². The number of benzene rings is 1. The van der Waals surface area contributed by atoms with E-state index in [9.17, 15) is 4.79 Å². The number of nitrogens with zero attached hydrogens (tertiary/aromatic N) is 2. The second kappa shape index (κ2) is 8.17. The number of aromatic nitrogens is 2. The minimum Gasteiger partial charge on any atom is -0.348 e. The van der Waals surface area contributed by atoms with Crippen LogP contribution in [-0.4, -0.2) is 21.0 Å².